The van der Waals surface area contributed by atoms with Gasteiger partial charge in [0, 0.05) is 17.7 Å². The number of hydrogen-bond donors (Lipinski definition) is 3. The van der Waals surface area contributed by atoms with Gasteiger partial charge < -0.3 is 16.2 Å². The molecule has 1 rings (SSSR count). The van der Waals surface area contributed by atoms with E-state index in [0.717, 1.165) is 5.56 Å². The number of nitrogens with one attached hydrogen (secondary N) is 1. The fourth-order valence-corrected chi connectivity index (χ4v) is 1.63. The predicted octanol–water partition coefficient (Wildman–Crippen LogP) is 0.980. The topological polar surface area (TPSA) is 92.4 Å². The molecule has 0 saturated carbocycles. The first kappa shape index (κ1) is 15.7. The Bertz CT molecular complexity index is 503. The minimum absolute atomic E-state index is 0.170. The molecule has 5 nitrogen and oxygen atoms in total. The third kappa shape index (κ3) is 5.12. The summed E-state index contributed by atoms with van der Waals surface area (Å²) in [4.78, 5) is 22.3. The van der Waals surface area contributed by atoms with Gasteiger partial charge in [-0.25, -0.2) is 0 Å². The lowest BCUT2D eigenvalue weighted by Gasteiger charge is -2.07. The summed E-state index contributed by atoms with van der Waals surface area (Å²) in [5.74, 6) is 1.31. The van der Waals surface area contributed by atoms with Crippen LogP contribution in [0.5, 0.6) is 0 Å². The van der Waals surface area contributed by atoms with Gasteiger partial charge in [0.25, 0.3) is 5.91 Å². The van der Waals surface area contributed by atoms with Crippen molar-refractivity contribution in [2.45, 2.75) is 25.3 Å². The molecule has 1 amide bonds. The van der Waals surface area contributed by atoms with E-state index < -0.39 is 12.0 Å². The summed E-state index contributed by atoms with van der Waals surface area (Å²) in [6, 6.07) is 5.93. The second-order valence-corrected chi connectivity index (χ2v) is 4.42. The summed E-state index contributed by atoms with van der Waals surface area (Å²) in [6.07, 6.45) is 6.98. The summed E-state index contributed by atoms with van der Waals surface area (Å²) >= 11 is 0. The number of carboxylic acid groups (broad SMARTS) is 1. The third-order valence-corrected chi connectivity index (χ3v) is 2.86. The van der Waals surface area contributed by atoms with Gasteiger partial charge in [0.15, 0.2) is 0 Å². The summed E-state index contributed by atoms with van der Waals surface area (Å²) in [5, 5.41) is 11.4. The van der Waals surface area contributed by atoms with E-state index in [1.54, 1.807) is 24.3 Å². The van der Waals surface area contributed by atoms with Crippen LogP contribution in [0.2, 0.25) is 0 Å². The van der Waals surface area contributed by atoms with Gasteiger partial charge in [-0.2, -0.15) is 0 Å². The number of aliphatic carboxylic acids is 1. The number of carboxylic acids is 1. The van der Waals surface area contributed by atoms with Crippen LogP contribution in [0.15, 0.2) is 24.3 Å². The molecule has 0 bridgehead atoms. The number of carbonyl (C=O) groups excluding carboxylic acids is 1. The van der Waals surface area contributed by atoms with E-state index in [9.17, 15) is 9.59 Å². The lowest BCUT2D eigenvalue weighted by atomic mass is 10.1. The molecule has 0 fully saturated rings. The molecule has 0 unspecified atom stereocenters. The second-order valence-electron chi connectivity index (χ2n) is 4.42. The van der Waals surface area contributed by atoms with Crippen LogP contribution < -0.4 is 11.1 Å². The highest BCUT2D eigenvalue weighted by Crippen LogP contribution is 2.03. The number of unbranched alkanes of at least 4 members (excludes halogenated alkanes) is 1. The van der Waals surface area contributed by atoms with E-state index in [1.165, 1.54) is 0 Å². The van der Waals surface area contributed by atoms with E-state index in [4.69, 9.17) is 17.3 Å². The summed E-state index contributed by atoms with van der Waals surface area (Å²) < 4.78 is 0. The van der Waals surface area contributed by atoms with Crippen molar-refractivity contribution < 1.29 is 14.7 Å². The molecule has 1 atom stereocenters. The standard InChI is InChI=1S/C15H18N2O3/c1-2-11-6-8-12(9-7-11)14(18)17-10-4-3-5-13(16)15(19)20/h1,6-9,13H,3-5,10,16H2,(H,17,18)(H,19,20)/t13-/m1/s1. The predicted molar refractivity (Wildman–Crippen MR) is 76.2 cm³/mol. The fourth-order valence-electron chi connectivity index (χ4n) is 1.63. The first-order valence-corrected chi connectivity index (χ1v) is 6.38. The molecule has 4 N–H and O–H groups in total. The average molecular weight is 274 g/mol. The Labute approximate surface area is 118 Å². The van der Waals surface area contributed by atoms with Crippen molar-refractivity contribution >= 4 is 11.9 Å². The summed E-state index contributed by atoms with van der Waals surface area (Å²) in [6.45, 7) is 0.488. The minimum atomic E-state index is -0.998. The SMILES string of the molecule is C#Cc1ccc(C(=O)NCCCC[C@@H](N)C(=O)O)cc1. The van der Waals surface area contributed by atoms with Gasteiger partial charge in [0.2, 0.25) is 0 Å². The van der Waals surface area contributed by atoms with Crippen molar-refractivity contribution in [3.8, 4) is 12.3 Å². The van der Waals surface area contributed by atoms with Gasteiger partial charge in [0.1, 0.15) is 6.04 Å². The molecule has 0 aliphatic rings. The molecule has 0 aliphatic carbocycles. The van der Waals surface area contributed by atoms with Gasteiger partial charge in [-0.1, -0.05) is 5.92 Å². The number of rotatable bonds is 7. The largest absolute Gasteiger partial charge is 0.480 e. The molecule has 0 heterocycles. The fraction of sp³-hybridized carbons (Fsp3) is 0.333. The Hall–Kier alpha value is -2.32. The van der Waals surface area contributed by atoms with Gasteiger partial charge in [-0.05, 0) is 43.5 Å². The van der Waals surface area contributed by atoms with Gasteiger partial charge >= 0.3 is 5.97 Å². The number of terminal acetylenes is 1. The minimum Gasteiger partial charge on any atom is -0.480 e. The van der Waals surface area contributed by atoms with Crippen LogP contribution in [0.3, 0.4) is 0 Å². The normalized spacial score (nSPS) is 11.4. The smallest absolute Gasteiger partial charge is 0.320 e. The van der Waals surface area contributed by atoms with Gasteiger partial charge in [-0.3, -0.25) is 9.59 Å². The molecule has 0 saturated heterocycles. The summed E-state index contributed by atoms with van der Waals surface area (Å²) in [7, 11) is 0. The van der Waals surface area contributed by atoms with Crippen molar-refractivity contribution in [1.29, 1.82) is 0 Å². The molecular formula is C15H18N2O3. The van der Waals surface area contributed by atoms with Gasteiger partial charge in [-0.15, -0.1) is 6.42 Å². The molecule has 0 radical (unpaired) electrons. The molecule has 1 aromatic rings. The summed E-state index contributed by atoms with van der Waals surface area (Å²) in [5.41, 5.74) is 6.65. The van der Waals surface area contributed by atoms with Crippen LogP contribution in [0.4, 0.5) is 0 Å². The molecule has 0 spiro atoms. The zero-order valence-electron chi connectivity index (χ0n) is 11.1. The first-order valence-electron chi connectivity index (χ1n) is 6.38. The molecule has 5 heteroatoms. The molecule has 106 valence electrons. The van der Waals surface area contributed by atoms with Crippen LogP contribution in [0.1, 0.15) is 35.2 Å². The van der Waals surface area contributed by atoms with E-state index in [0.29, 0.717) is 31.4 Å². The van der Waals surface area contributed by atoms with Crippen molar-refractivity contribution in [2.75, 3.05) is 6.54 Å². The lowest BCUT2D eigenvalue weighted by Crippen LogP contribution is -2.30. The number of carbonyl (C=O) groups is 2. The third-order valence-electron chi connectivity index (χ3n) is 2.86. The van der Waals surface area contributed by atoms with Crippen molar-refractivity contribution in [2.24, 2.45) is 5.73 Å². The highest BCUT2D eigenvalue weighted by atomic mass is 16.4. The molecule has 20 heavy (non-hydrogen) atoms. The van der Waals surface area contributed by atoms with Gasteiger partial charge in [0.05, 0.1) is 0 Å². The van der Waals surface area contributed by atoms with Crippen LogP contribution >= 0.6 is 0 Å². The van der Waals surface area contributed by atoms with E-state index in [2.05, 4.69) is 11.2 Å². The van der Waals surface area contributed by atoms with E-state index >= 15 is 0 Å². The van der Waals surface area contributed by atoms with Crippen LogP contribution in [0, 0.1) is 12.3 Å². The maximum atomic E-state index is 11.8. The van der Waals surface area contributed by atoms with Crippen molar-refractivity contribution in [1.82, 2.24) is 5.32 Å². The maximum Gasteiger partial charge on any atom is 0.320 e. The van der Waals surface area contributed by atoms with E-state index in [-0.39, 0.29) is 5.91 Å². The average Bonchev–Trinajstić information content (AvgIpc) is 2.46. The molecular weight excluding hydrogens is 256 g/mol. The highest BCUT2D eigenvalue weighted by molar-refractivity contribution is 5.94. The van der Waals surface area contributed by atoms with Crippen LogP contribution in [0.25, 0.3) is 0 Å². The quantitative estimate of drug-likeness (QED) is 0.510. The number of hydrogen-bond acceptors (Lipinski definition) is 3. The zero-order chi connectivity index (χ0) is 15.0. The zero-order valence-corrected chi connectivity index (χ0v) is 11.1. The maximum absolute atomic E-state index is 11.8. The van der Waals surface area contributed by atoms with Crippen molar-refractivity contribution in [3.63, 3.8) is 0 Å². The lowest BCUT2D eigenvalue weighted by molar-refractivity contribution is -0.138. The van der Waals surface area contributed by atoms with Crippen molar-refractivity contribution in [3.05, 3.63) is 35.4 Å². The number of benzene rings is 1. The molecule has 0 aromatic heterocycles. The molecule has 1 aromatic carbocycles. The molecule has 0 aliphatic heterocycles. The number of nitrogens with two attached hydrogens (primary N) is 1. The second kappa shape index (κ2) is 7.97. The Kier molecular flexibility index (Phi) is 6.27. The monoisotopic (exact) mass is 274 g/mol. The first-order chi connectivity index (χ1) is 9.54. The number of amides is 1. The Balaban J connectivity index is 2.26. The van der Waals surface area contributed by atoms with Crippen LogP contribution in [-0.4, -0.2) is 29.6 Å². The van der Waals surface area contributed by atoms with Crippen LogP contribution in [-0.2, 0) is 4.79 Å². The van der Waals surface area contributed by atoms with E-state index in [1.807, 2.05) is 0 Å². The Morgan fingerprint density at radius 1 is 1.30 bits per heavy atom. The Morgan fingerprint density at radius 3 is 2.50 bits per heavy atom. The highest BCUT2D eigenvalue weighted by Gasteiger charge is 2.10. The Morgan fingerprint density at radius 2 is 1.95 bits per heavy atom.